The number of hydrogen-bond donors (Lipinski definition) is 1. The molecule has 0 aliphatic heterocycles. The lowest BCUT2D eigenvalue weighted by Gasteiger charge is -2.06. The highest BCUT2D eigenvalue weighted by Gasteiger charge is 2.15. The molecular formula is C12H9ClN2O2. The van der Waals surface area contributed by atoms with Crippen molar-refractivity contribution >= 4 is 23.0 Å². The first kappa shape index (κ1) is 11.4. The van der Waals surface area contributed by atoms with E-state index >= 15 is 0 Å². The quantitative estimate of drug-likeness (QED) is 0.502. The van der Waals surface area contributed by atoms with Crippen molar-refractivity contribution in [1.82, 2.24) is 0 Å². The molecule has 0 bridgehead atoms. The SMILES string of the molecule is Nc1cc(Cl)c(-c2ccccc2)cc1[N+](=O)[O-]. The van der Waals surface area contributed by atoms with Crippen molar-refractivity contribution in [2.75, 3.05) is 5.73 Å². The van der Waals surface area contributed by atoms with Gasteiger partial charge in [-0.15, -0.1) is 0 Å². The molecule has 2 N–H and O–H groups in total. The summed E-state index contributed by atoms with van der Waals surface area (Å²) >= 11 is 6.04. The maximum absolute atomic E-state index is 10.8. The van der Waals surface area contributed by atoms with Crippen LogP contribution in [0.5, 0.6) is 0 Å². The molecule has 0 aliphatic rings. The maximum atomic E-state index is 10.8. The third-order valence-electron chi connectivity index (χ3n) is 2.40. The van der Waals surface area contributed by atoms with E-state index in [9.17, 15) is 10.1 Å². The summed E-state index contributed by atoms with van der Waals surface area (Å²) < 4.78 is 0. The van der Waals surface area contributed by atoms with Crippen LogP contribution in [0.4, 0.5) is 11.4 Å². The lowest BCUT2D eigenvalue weighted by atomic mass is 10.0. The molecule has 4 nitrogen and oxygen atoms in total. The minimum atomic E-state index is -0.516. The van der Waals surface area contributed by atoms with Crippen LogP contribution in [0.1, 0.15) is 0 Å². The van der Waals surface area contributed by atoms with Crippen LogP contribution < -0.4 is 5.73 Å². The zero-order valence-electron chi connectivity index (χ0n) is 8.76. The van der Waals surface area contributed by atoms with Gasteiger partial charge in [0, 0.05) is 11.6 Å². The Balaban J connectivity index is 2.63. The third kappa shape index (κ3) is 2.21. The number of hydrogen-bond acceptors (Lipinski definition) is 3. The molecular weight excluding hydrogens is 240 g/mol. The summed E-state index contributed by atoms with van der Waals surface area (Å²) in [5.41, 5.74) is 6.91. The monoisotopic (exact) mass is 248 g/mol. The van der Waals surface area contributed by atoms with Crippen molar-refractivity contribution in [2.45, 2.75) is 0 Å². The number of halogens is 1. The van der Waals surface area contributed by atoms with E-state index in [-0.39, 0.29) is 11.4 Å². The highest BCUT2D eigenvalue weighted by molar-refractivity contribution is 6.33. The molecule has 0 spiro atoms. The Labute approximate surface area is 103 Å². The Morgan fingerprint density at radius 2 is 1.82 bits per heavy atom. The van der Waals surface area contributed by atoms with E-state index < -0.39 is 4.92 Å². The first-order valence-electron chi connectivity index (χ1n) is 4.88. The Hall–Kier alpha value is -2.07. The molecule has 0 amide bonds. The van der Waals surface area contributed by atoms with Crippen LogP contribution >= 0.6 is 11.6 Å². The normalized spacial score (nSPS) is 10.2. The molecule has 0 saturated carbocycles. The molecule has 0 unspecified atom stereocenters. The summed E-state index contributed by atoms with van der Waals surface area (Å²) in [4.78, 5) is 10.3. The molecule has 0 atom stereocenters. The number of anilines is 1. The number of rotatable bonds is 2. The molecule has 0 aromatic heterocycles. The van der Waals surface area contributed by atoms with E-state index in [4.69, 9.17) is 17.3 Å². The largest absolute Gasteiger partial charge is 0.393 e. The Morgan fingerprint density at radius 3 is 2.41 bits per heavy atom. The molecule has 5 heteroatoms. The van der Waals surface area contributed by atoms with Gasteiger partial charge in [0.25, 0.3) is 5.69 Å². The van der Waals surface area contributed by atoms with Gasteiger partial charge in [-0.3, -0.25) is 10.1 Å². The first-order valence-corrected chi connectivity index (χ1v) is 5.26. The first-order chi connectivity index (χ1) is 8.09. The van der Waals surface area contributed by atoms with Crippen LogP contribution in [0.3, 0.4) is 0 Å². The number of nitrogen functional groups attached to an aromatic ring is 1. The van der Waals surface area contributed by atoms with Gasteiger partial charge < -0.3 is 5.73 Å². The smallest absolute Gasteiger partial charge is 0.292 e. The van der Waals surface area contributed by atoms with Gasteiger partial charge in [-0.1, -0.05) is 41.9 Å². The molecule has 17 heavy (non-hydrogen) atoms. The number of nitrogens with zero attached hydrogens (tertiary/aromatic N) is 1. The molecule has 0 fully saturated rings. The summed E-state index contributed by atoms with van der Waals surface area (Å²) in [6, 6.07) is 12.0. The minimum absolute atomic E-state index is 0.0691. The van der Waals surface area contributed by atoms with E-state index in [1.54, 1.807) is 0 Å². The molecule has 86 valence electrons. The topological polar surface area (TPSA) is 69.2 Å². The highest BCUT2D eigenvalue weighted by Crippen LogP contribution is 2.35. The molecule has 2 aromatic rings. The van der Waals surface area contributed by atoms with Crippen molar-refractivity contribution < 1.29 is 4.92 Å². The van der Waals surface area contributed by atoms with Crippen LogP contribution in [0.25, 0.3) is 11.1 Å². The van der Waals surface area contributed by atoms with E-state index in [1.807, 2.05) is 30.3 Å². The molecule has 0 radical (unpaired) electrons. The van der Waals surface area contributed by atoms with Crippen molar-refractivity contribution in [3.05, 3.63) is 57.6 Å². The number of nitro groups is 1. The number of benzene rings is 2. The van der Waals surface area contributed by atoms with Gasteiger partial charge in [-0.2, -0.15) is 0 Å². The average Bonchev–Trinajstić information content (AvgIpc) is 2.29. The van der Waals surface area contributed by atoms with Crippen LogP contribution in [-0.4, -0.2) is 4.92 Å². The van der Waals surface area contributed by atoms with Crippen molar-refractivity contribution in [3.63, 3.8) is 0 Å². The summed E-state index contributed by atoms with van der Waals surface area (Å²) in [7, 11) is 0. The Morgan fingerprint density at radius 1 is 1.18 bits per heavy atom. The average molecular weight is 249 g/mol. The molecule has 0 aliphatic carbocycles. The summed E-state index contributed by atoms with van der Waals surface area (Å²) in [5.74, 6) is 0. The van der Waals surface area contributed by atoms with Crippen molar-refractivity contribution in [2.24, 2.45) is 0 Å². The van der Waals surface area contributed by atoms with Gasteiger partial charge in [0.2, 0.25) is 0 Å². The fourth-order valence-corrected chi connectivity index (χ4v) is 1.86. The van der Waals surface area contributed by atoms with Crippen molar-refractivity contribution in [3.8, 4) is 11.1 Å². The third-order valence-corrected chi connectivity index (χ3v) is 2.71. The lowest BCUT2D eigenvalue weighted by Crippen LogP contribution is -1.96. The van der Waals surface area contributed by atoms with E-state index in [1.165, 1.54) is 12.1 Å². The molecule has 0 saturated heterocycles. The fraction of sp³-hybridized carbons (Fsp3) is 0. The maximum Gasteiger partial charge on any atom is 0.292 e. The van der Waals surface area contributed by atoms with Gasteiger partial charge in [-0.25, -0.2) is 0 Å². The zero-order chi connectivity index (χ0) is 12.4. The summed E-state index contributed by atoms with van der Waals surface area (Å²) in [6.45, 7) is 0. The summed E-state index contributed by atoms with van der Waals surface area (Å²) in [6.07, 6.45) is 0. The highest BCUT2D eigenvalue weighted by atomic mass is 35.5. The van der Waals surface area contributed by atoms with Crippen LogP contribution in [-0.2, 0) is 0 Å². The standard InChI is InChI=1S/C12H9ClN2O2/c13-10-7-11(14)12(15(16)17)6-9(10)8-4-2-1-3-5-8/h1-7H,14H2. The van der Waals surface area contributed by atoms with Gasteiger partial charge in [0.15, 0.2) is 0 Å². The van der Waals surface area contributed by atoms with Gasteiger partial charge >= 0.3 is 0 Å². The Kier molecular flexibility index (Phi) is 2.97. The van der Waals surface area contributed by atoms with Crippen LogP contribution in [0.2, 0.25) is 5.02 Å². The molecule has 2 rings (SSSR count). The fourth-order valence-electron chi connectivity index (χ4n) is 1.57. The second-order valence-electron chi connectivity index (χ2n) is 3.51. The van der Waals surface area contributed by atoms with E-state index in [0.717, 1.165) is 5.56 Å². The minimum Gasteiger partial charge on any atom is -0.393 e. The zero-order valence-corrected chi connectivity index (χ0v) is 9.52. The molecule has 2 aromatic carbocycles. The second kappa shape index (κ2) is 4.43. The predicted octanol–water partition coefficient (Wildman–Crippen LogP) is 3.50. The van der Waals surface area contributed by atoms with Crippen LogP contribution in [0.15, 0.2) is 42.5 Å². The van der Waals surface area contributed by atoms with Gasteiger partial charge in [0.05, 0.1) is 9.95 Å². The van der Waals surface area contributed by atoms with E-state index in [0.29, 0.717) is 10.6 Å². The Bertz CT molecular complexity index is 570. The van der Waals surface area contributed by atoms with Crippen LogP contribution in [0, 0.1) is 10.1 Å². The number of nitro benzene ring substituents is 1. The summed E-state index contributed by atoms with van der Waals surface area (Å²) in [5, 5.41) is 11.2. The lowest BCUT2D eigenvalue weighted by molar-refractivity contribution is -0.383. The second-order valence-corrected chi connectivity index (χ2v) is 3.92. The van der Waals surface area contributed by atoms with Gasteiger partial charge in [0.1, 0.15) is 5.69 Å². The molecule has 0 heterocycles. The van der Waals surface area contributed by atoms with Gasteiger partial charge in [-0.05, 0) is 11.6 Å². The number of nitrogens with two attached hydrogens (primary N) is 1. The van der Waals surface area contributed by atoms with Crippen molar-refractivity contribution in [1.29, 1.82) is 0 Å². The van der Waals surface area contributed by atoms with E-state index in [2.05, 4.69) is 0 Å². The predicted molar refractivity (Wildman–Crippen MR) is 68.0 cm³/mol.